The van der Waals surface area contributed by atoms with E-state index < -0.39 is 0 Å². The Hall–Kier alpha value is -1.59. The Morgan fingerprint density at radius 1 is 1.48 bits per heavy atom. The fourth-order valence-electron chi connectivity index (χ4n) is 2.99. The molecule has 2 heterocycles. The van der Waals surface area contributed by atoms with E-state index in [1.54, 1.807) is 0 Å². The third-order valence-corrected chi connectivity index (χ3v) is 4.07. The van der Waals surface area contributed by atoms with Crippen LogP contribution in [0.5, 0.6) is 0 Å². The lowest BCUT2D eigenvalue weighted by molar-refractivity contribution is -0.117. The Labute approximate surface area is 125 Å². The first kappa shape index (κ1) is 14.4. The number of carbonyl (C=O) groups is 1. The molecule has 1 fully saturated rings. The smallest absolute Gasteiger partial charge is 0.246 e. The van der Waals surface area contributed by atoms with Crippen LogP contribution in [0.2, 0.25) is 0 Å². The molecule has 0 radical (unpaired) electrons. The SMILES string of the molecule is CCCNC1C(=O)Nc2cc(N3CCOC(C)C3)ccc21. The van der Waals surface area contributed by atoms with Crippen LogP contribution in [-0.4, -0.2) is 38.3 Å². The molecule has 2 aliphatic heterocycles. The van der Waals surface area contributed by atoms with Crippen molar-refractivity contribution >= 4 is 17.3 Å². The van der Waals surface area contributed by atoms with Gasteiger partial charge < -0.3 is 20.3 Å². The highest BCUT2D eigenvalue weighted by Crippen LogP contribution is 2.34. The van der Waals surface area contributed by atoms with E-state index in [-0.39, 0.29) is 18.1 Å². The summed E-state index contributed by atoms with van der Waals surface area (Å²) in [6.45, 7) is 7.58. The normalized spacial score (nSPS) is 24.9. The lowest BCUT2D eigenvalue weighted by atomic mass is 10.1. The van der Waals surface area contributed by atoms with Gasteiger partial charge in [-0.15, -0.1) is 0 Å². The molecule has 3 rings (SSSR count). The molecular formula is C16H23N3O2. The molecule has 0 aliphatic carbocycles. The zero-order valence-corrected chi connectivity index (χ0v) is 12.7. The van der Waals surface area contributed by atoms with Gasteiger partial charge in [-0.05, 0) is 32.0 Å². The molecule has 114 valence electrons. The van der Waals surface area contributed by atoms with E-state index >= 15 is 0 Å². The second-order valence-electron chi connectivity index (χ2n) is 5.78. The van der Waals surface area contributed by atoms with E-state index in [9.17, 15) is 4.79 Å². The van der Waals surface area contributed by atoms with Gasteiger partial charge in [-0.3, -0.25) is 4.79 Å². The van der Waals surface area contributed by atoms with Crippen LogP contribution in [0.25, 0.3) is 0 Å². The van der Waals surface area contributed by atoms with Gasteiger partial charge in [-0.1, -0.05) is 13.0 Å². The monoisotopic (exact) mass is 289 g/mol. The molecule has 0 bridgehead atoms. The average molecular weight is 289 g/mol. The third kappa shape index (κ3) is 2.89. The Morgan fingerprint density at radius 3 is 3.10 bits per heavy atom. The topological polar surface area (TPSA) is 53.6 Å². The van der Waals surface area contributed by atoms with Crippen molar-refractivity contribution in [3.63, 3.8) is 0 Å². The minimum Gasteiger partial charge on any atom is -0.375 e. The third-order valence-electron chi connectivity index (χ3n) is 4.07. The van der Waals surface area contributed by atoms with E-state index in [4.69, 9.17) is 4.74 Å². The summed E-state index contributed by atoms with van der Waals surface area (Å²) < 4.78 is 5.58. The summed E-state index contributed by atoms with van der Waals surface area (Å²) in [5, 5.41) is 6.29. The lowest BCUT2D eigenvalue weighted by Crippen LogP contribution is -2.41. The highest BCUT2D eigenvalue weighted by Gasteiger charge is 2.30. The minimum absolute atomic E-state index is 0.0472. The number of amides is 1. The predicted octanol–water partition coefficient (Wildman–Crippen LogP) is 1.90. The molecule has 0 saturated carbocycles. The van der Waals surface area contributed by atoms with E-state index in [1.807, 2.05) is 0 Å². The van der Waals surface area contributed by atoms with Gasteiger partial charge >= 0.3 is 0 Å². The van der Waals surface area contributed by atoms with Gasteiger partial charge in [0.1, 0.15) is 6.04 Å². The van der Waals surface area contributed by atoms with Crippen LogP contribution in [0, 0.1) is 0 Å². The number of nitrogens with zero attached hydrogens (tertiary/aromatic N) is 1. The Balaban J connectivity index is 1.79. The summed E-state index contributed by atoms with van der Waals surface area (Å²) >= 11 is 0. The average Bonchev–Trinajstić information content (AvgIpc) is 2.79. The zero-order chi connectivity index (χ0) is 14.8. The second-order valence-corrected chi connectivity index (χ2v) is 5.78. The van der Waals surface area contributed by atoms with Crippen LogP contribution in [0.1, 0.15) is 31.9 Å². The van der Waals surface area contributed by atoms with Gasteiger partial charge in [0.15, 0.2) is 0 Å². The van der Waals surface area contributed by atoms with Crippen LogP contribution >= 0.6 is 0 Å². The van der Waals surface area contributed by atoms with Crippen molar-refractivity contribution in [2.75, 3.05) is 36.5 Å². The summed E-state index contributed by atoms with van der Waals surface area (Å²) in [6.07, 6.45) is 1.27. The molecule has 21 heavy (non-hydrogen) atoms. The molecule has 2 unspecified atom stereocenters. The van der Waals surface area contributed by atoms with Crippen molar-refractivity contribution in [3.05, 3.63) is 23.8 Å². The lowest BCUT2D eigenvalue weighted by Gasteiger charge is -2.33. The molecule has 2 aliphatic rings. The van der Waals surface area contributed by atoms with E-state index in [2.05, 4.69) is 47.6 Å². The highest BCUT2D eigenvalue weighted by molar-refractivity contribution is 6.03. The van der Waals surface area contributed by atoms with Crippen molar-refractivity contribution in [1.82, 2.24) is 5.32 Å². The molecule has 0 spiro atoms. The number of benzene rings is 1. The van der Waals surface area contributed by atoms with Gasteiger partial charge in [-0.25, -0.2) is 0 Å². The van der Waals surface area contributed by atoms with Crippen LogP contribution in [0.15, 0.2) is 18.2 Å². The van der Waals surface area contributed by atoms with Gasteiger partial charge in [0.05, 0.1) is 12.7 Å². The maximum atomic E-state index is 12.1. The number of fused-ring (bicyclic) bond motifs is 1. The number of anilines is 2. The highest BCUT2D eigenvalue weighted by atomic mass is 16.5. The molecule has 1 saturated heterocycles. The van der Waals surface area contributed by atoms with Gasteiger partial charge in [0, 0.05) is 30.0 Å². The first-order valence-corrected chi connectivity index (χ1v) is 7.73. The number of rotatable bonds is 4. The van der Waals surface area contributed by atoms with Crippen molar-refractivity contribution in [2.24, 2.45) is 0 Å². The Morgan fingerprint density at radius 2 is 2.33 bits per heavy atom. The molecule has 2 atom stereocenters. The summed E-state index contributed by atoms with van der Waals surface area (Å²) in [5.41, 5.74) is 3.14. The fraction of sp³-hybridized carbons (Fsp3) is 0.562. The van der Waals surface area contributed by atoms with Gasteiger partial charge in [0.2, 0.25) is 5.91 Å². The first-order valence-electron chi connectivity index (χ1n) is 7.73. The summed E-state index contributed by atoms with van der Waals surface area (Å²) in [4.78, 5) is 14.4. The standard InChI is InChI=1S/C16H23N3O2/c1-3-6-17-15-13-5-4-12(9-14(13)18-16(15)20)19-7-8-21-11(2)10-19/h4-5,9,11,15,17H,3,6-8,10H2,1-2H3,(H,18,20). The molecule has 1 aromatic rings. The maximum absolute atomic E-state index is 12.1. The number of carbonyl (C=O) groups excluding carboxylic acids is 1. The first-order chi connectivity index (χ1) is 10.2. The van der Waals surface area contributed by atoms with Crippen molar-refractivity contribution in [2.45, 2.75) is 32.4 Å². The number of hydrogen-bond donors (Lipinski definition) is 2. The van der Waals surface area contributed by atoms with Crippen molar-refractivity contribution < 1.29 is 9.53 Å². The number of ether oxygens (including phenoxy) is 1. The molecular weight excluding hydrogens is 266 g/mol. The van der Waals surface area contributed by atoms with E-state index in [1.165, 1.54) is 0 Å². The van der Waals surface area contributed by atoms with Crippen LogP contribution in [-0.2, 0) is 9.53 Å². The maximum Gasteiger partial charge on any atom is 0.246 e. The van der Waals surface area contributed by atoms with Crippen LogP contribution in [0.3, 0.4) is 0 Å². The Bertz CT molecular complexity index is 532. The number of hydrogen-bond acceptors (Lipinski definition) is 4. The van der Waals surface area contributed by atoms with Crippen molar-refractivity contribution in [3.8, 4) is 0 Å². The predicted molar refractivity (Wildman–Crippen MR) is 83.7 cm³/mol. The van der Waals surface area contributed by atoms with Crippen molar-refractivity contribution in [1.29, 1.82) is 0 Å². The molecule has 5 heteroatoms. The van der Waals surface area contributed by atoms with E-state index in [0.29, 0.717) is 0 Å². The quantitative estimate of drug-likeness (QED) is 0.889. The molecule has 1 amide bonds. The van der Waals surface area contributed by atoms with Gasteiger partial charge in [-0.2, -0.15) is 0 Å². The number of morpholine rings is 1. The molecule has 1 aromatic carbocycles. The molecule has 2 N–H and O–H groups in total. The Kier molecular flexibility index (Phi) is 4.12. The summed E-state index contributed by atoms with van der Waals surface area (Å²) in [5.74, 6) is 0.0472. The van der Waals surface area contributed by atoms with Gasteiger partial charge in [0.25, 0.3) is 0 Å². The second kappa shape index (κ2) is 6.03. The van der Waals surface area contributed by atoms with E-state index in [0.717, 1.165) is 49.6 Å². The fourth-order valence-corrected chi connectivity index (χ4v) is 2.99. The van der Waals surface area contributed by atoms with Crippen LogP contribution < -0.4 is 15.5 Å². The molecule has 5 nitrogen and oxygen atoms in total. The summed E-state index contributed by atoms with van der Waals surface area (Å²) in [7, 11) is 0. The number of nitrogens with one attached hydrogen (secondary N) is 2. The summed E-state index contributed by atoms with van der Waals surface area (Å²) in [6, 6.07) is 6.05. The molecule has 0 aromatic heterocycles. The van der Waals surface area contributed by atoms with Crippen LogP contribution in [0.4, 0.5) is 11.4 Å². The largest absolute Gasteiger partial charge is 0.375 e. The minimum atomic E-state index is -0.211. The zero-order valence-electron chi connectivity index (χ0n) is 12.7.